The molecule has 24 heavy (non-hydrogen) atoms. The molecule has 5 atom stereocenters. The van der Waals surface area contributed by atoms with Crippen molar-refractivity contribution < 1.29 is 9.90 Å². The molecule has 5 unspecified atom stereocenters. The molecule has 3 aliphatic rings. The smallest absolute Gasteiger partial charge is 0.163 e. The van der Waals surface area contributed by atoms with Gasteiger partial charge in [0.05, 0.1) is 0 Å². The Labute approximate surface area is 145 Å². The monoisotopic (exact) mass is 326 g/mol. The minimum Gasteiger partial charge on any atom is -0.508 e. The second-order valence-corrected chi connectivity index (χ2v) is 8.74. The Bertz CT molecular complexity index is 649. The molecule has 3 aliphatic carbocycles. The lowest BCUT2D eigenvalue weighted by molar-refractivity contribution is 0.0252. The lowest BCUT2D eigenvalue weighted by Gasteiger charge is -2.50. The van der Waals surface area contributed by atoms with Gasteiger partial charge in [-0.3, -0.25) is 4.79 Å². The largest absolute Gasteiger partial charge is 0.508 e. The van der Waals surface area contributed by atoms with E-state index in [1.807, 2.05) is 6.07 Å². The zero-order chi connectivity index (χ0) is 16.9. The average Bonchev–Trinajstić information content (AvgIpc) is 2.90. The molecular formula is C22H30O2. The number of aromatic hydroxyl groups is 1. The lowest BCUT2D eigenvalue weighted by Crippen LogP contribution is -2.43. The lowest BCUT2D eigenvalue weighted by atomic mass is 9.53. The molecule has 2 saturated carbocycles. The number of rotatable bonds is 3. The first-order valence-corrected chi connectivity index (χ1v) is 9.90. The minimum atomic E-state index is 0.224. The first kappa shape index (κ1) is 16.2. The molecule has 0 amide bonds. The van der Waals surface area contributed by atoms with E-state index in [0.29, 0.717) is 29.6 Å². The van der Waals surface area contributed by atoms with Gasteiger partial charge in [-0.2, -0.15) is 0 Å². The van der Waals surface area contributed by atoms with Crippen molar-refractivity contribution >= 4 is 5.78 Å². The van der Waals surface area contributed by atoms with Gasteiger partial charge >= 0.3 is 0 Å². The van der Waals surface area contributed by atoms with E-state index < -0.39 is 0 Å². The standard InChI is InChI=1S/C22H30O2/c1-3-4-5-14-6-9-20-18-13-21(24)19-12-15(23)7-8-16(19)17(18)10-11-22(14,20)2/h7-8,12,14,17-18,20,23H,3-6,9-11,13H2,1-2H3. The van der Waals surface area contributed by atoms with Crippen LogP contribution >= 0.6 is 0 Å². The SMILES string of the molecule is CCCCC1CCC2C3CC(=O)c4cc(O)ccc4C3CCC12C. The van der Waals surface area contributed by atoms with E-state index in [-0.39, 0.29) is 11.5 Å². The van der Waals surface area contributed by atoms with E-state index in [2.05, 4.69) is 13.8 Å². The topological polar surface area (TPSA) is 37.3 Å². The van der Waals surface area contributed by atoms with Gasteiger partial charge in [-0.25, -0.2) is 0 Å². The van der Waals surface area contributed by atoms with Crippen molar-refractivity contribution in [2.45, 2.75) is 71.1 Å². The number of benzene rings is 1. The number of carbonyl (C=O) groups is 1. The van der Waals surface area contributed by atoms with E-state index in [0.717, 1.165) is 11.5 Å². The number of hydrogen-bond acceptors (Lipinski definition) is 2. The number of hydrogen-bond donors (Lipinski definition) is 1. The van der Waals surface area contributed by atoms with Crippen molar-refractivity contribution in [2.75, 3.05) is 0 Å². The second-order valence-electron chi connectivity index (χ2n) is 8.74. The molecule has 0 spiro atoms. The molecule has 1 aromatic carbocycles. The van der Waals surface area contributed by atoms with Crippen LogP contribution in [0.25, 0.3) is 0 Å². The summed E-state index contributed by atoms with van der Waals surface area (Å²) in [4.78, 5) is 12.7. The summed E-state index contributed by atoms with van der Waals surface area (Å²) in [6.45, 7) is 4.82. The quantitative estimate of drug-likeness (QED) is 0.774. The Balaban J connectivity index is 1.65. The van der Waals surface area contributed by atoms with Crippen LogP contribution in [0.3, 0.4) is 0 Å². The van der Waals surface area contributed by atoms with Crippen LogP contribution < -0.4 is 0 Å². The summed E-state index contributed by atoms with van der Waals surface area (Å²) in [6, 6.07) is 5.48. The molecule has 1 aromatic rings. The molecule has 0 aliphatic heterocycles. The van der Waals surface area contributed by atoms with Crippen LogP contribution in [0.2, 0.25) is 0 Å². The Morgan fingerprint density at radius 3 is 2.88 bits per heavy atom. The van der Waals surface area contributed by atoms with Crippen molar-refractivity contribution in [3.8, 4) is 5.75 Å². The molecule has 0 aromatic heterocycles. The van der Waals surface area contributed by atoms with Crippen LogP contribution in [0.4, 0.5) is 0 Å². The van der Waals surface area contributed by atoms with Crippen LogP contribution in [0.1, 0.15) is 87.1 Å². The van der Waals surface area contributed by atoms with Crippen molar-refractivity contribution in [3.63, 3.8) is 0 Å². The maximum absolute atomic E-state index is 12.7. The molecule has 4 rings (SSSR count). The fourth-order valence-corrected chi connectivity index (χ4v) is 6.42. The van der Waals surface area contributed by atoms with Crippen molar-refractivity contribution in [1.29, 1.82) is 0 Å². The first-order chi connectivity index (χ1) is 11.5. The third-order valence-corrected chi connectivity index (χ3v) is 7.70. The molecular weight excluding hydrogens is 296 g/mol. The molecule has 130 valence electrons. The number of fused-ring (bicyclic) bond motifs is 5. The molecule has 1 N–H and O–H groups in total. The highest BCUT2D eigenvalue weighted by Crippen LogP contribution is 2.63. The number of ketones is 1. The summed E-state index contributed by atoms with van der Waals surface area (Å²) in [7, 11) is 0. The highest BCUT2D eigenvalue weighted by atomic mass is 16.3. The van der Waals surface area contributed by atoms with Gasteiger partial charge in [0, 0.05) is 12.0 Å². The second kappa shape index (κ2) is 5.89. The molecule has 0 saturated heterocycles. The summed E-state index contributed by atoms with van der Waals surface area (Å²) in [5.74, 6) is 3.11. The number of phenols is 1. The van der Waals surface area contributed by atoms with Gasteiger partial charge < -0.3 is 5.11 Å². The fourth-order valence-electron chi connectivity index (χ4n) is 6.42. The van der Waals surface area contributed by atoms with Crippen LogP contribution in [0.15, 0.2) is 18.2 Å². The van der Waals surface area contributed by atoms with Gasteiger partial charge in [-0.05, 0) is 78.9 Å². The van der Waals surface area contributed by atoms with Gasteiger partial charge in [-0.1, -0.05) is 32.8 Å². The molecule has 0 bridgehead atoms. The minimum absolute atomic E-state index is 0.224. The molecule has 2 fully saturated rings. The van der Waals surface area contributed by atoms with Crippen molar-refractivity contribution in [3.05, 3.63) is 29.3 Å². The van der Waals surface area contributed by atoms with Crippen molar-refractivity contribution in [1.82, 2.24) is 0 Å². The van der Waals surface area contributed by atoms with Gasteiger partial charge in [0.25, 0.3) is 0 Å². The Hall–Kier alpha value is -1.31. The molecule has 0 heterocycles. The highest BCUT2D eigenvalue weighted by molar-refractivity contribution is 5.99. The van der Waals surface area contributed by atoms with E-state index in [1.165, 1.54) is 50.5 Å². The molecule has 2 nitrogen and oxygen atoms in total. The van der Waals surface area contributed by atoms with E-state index in [1.54, 1.807) is 12.1 Å². The van der Waals surface area contributed by atoms with Gasteiger partial charge in [0.15, 0.2) is 5.78 Å². The summed E-state index contributed by atoms with van der Waals surface area (Å²) >= 11 is 0. The van der Waals surface area contributed by atoms with E-state index in [9.17, 15) is 9.90 Å². The zero-order valence-electron chi connectivity index (χ0n) is 15.1. The number of phenolic OH excluding ortho intramolecular Hbond substituents is 1. The maximum Gasteiger partial charge on any atom is 0.163 e. The summed E-state index contributed by atoms with van der Waals surface area (Å²) in [5.41, 5.74) is 2.46. The number of carbonyl (C=O) groups excluding carboxylic acids is 1. The summed E-state index contributed by atoms with van der Waals surface area (Å²) in [6.07, 6.45) is 9.91. The van der Waals surface area contributed by atoms with Crippen LogP contribution in [0.5, 0.6) is 5.75 Å². The Kier molecular flexibility index (Phi) is 3.97. The van der Waals surface area contributed by atoms with E-state index >= 15 is 0 Å². The third-order valence-electron chi connectivity index (χ3n) is 7.70. The average molecular weight is 326 g/mol. The summed E-state index contributed by atoms with van der Waals surface area (Å²) in [5, 5.41) is 9.76. The maximum atomic E-state index is 12.7. The Morgan fingerprint density at radius 1 is 1.25 bits per heavy atom. The van der Waals surface area contributed by atoms with Crippen LogP contribution in [-0.4, -0.2) is 10.9 Å². The van der Waals surface area contributed by atoms with Crippen LogP contribution in [0, 0.1) is 23.2 Å². The third kappa shape index (κ3) is 2.33. The Morgan fingerprint density at radius 2 is 2.08 bits per heavy atom. The zero-order valence-corrected chi connectivity index (χ0v) is 15.1. The van der Waals surface area contributed by atoms with Gasteiger partial charge in [0.2, 0.25) is 0 Å². The summed E-state index contributed by atoms with van der Waals surface area (Å²) < 4.78 is 0. The van der Waals surface area contributed by atoms with Crippen LogP contribution in [-0.2, 0) is 0 Å². The predicted octanol–water partition coefficient (Wildman–Crippen LogP) is 5.69. The first-order valence-electron chi connectivity index (χ1n) is 9.90. The normalized spacial score (nSPS) is 37.7. The van der Waals surface area contributed by atoms with Gasteiger partial charge in [0.1, 0.15) is 5.75 Å². The fraction of sp³-hybridized carbons (Fsp3) is 0.682. The number of Topliss-reactive ketones (excluding diaryl/α,β-unsaturated/α-hetero) is 1. The predicted molar refractivity (Wildman–Crippen MR) is 96.4 cm³/mol. The van der Waals surface area contributed by atoms with Gasteiger partial charge in [-0.15, -0.1) is 0 Å². The highest BCUT2D eigenvalue weighted by Gasteiger charge is 2.55. The molecule has 2 heteroatoms. The van der Waals surface area contributed by atoms with Crippen molar-refractivity contribution in [2.24, 2.45) is 23.2 Å². The molecule has 0 radical (unpaired) electrons. The van der Waals surface area contributed by atoms with E-state index in [4.69, 9.17) is 0 Å². The number of unbranched alkanes of at least 4 members (excludes halogenated alkanes) is 1.